The van der Waals surface area contributed by atoms with E-state index in [1.807, 2.05) is 18.3 Å². The predicted molar refractivity (Wildman–Crippen MR) is 78.0 cm³/mol. The van der Waals surface area contributed by atoms with Crippen molar-refractivity contribution >= 4 is 22.5 Å². The van der Waals surface area contributed by atoms with Gasteiger partial charge in [-0.1, -0.05) is 32.0 Å². The summed E-state index contributed by atoms with van der Waals surface area (Å²) < 4.78 is 0. The molecular formula is C15H19ClN2. The molecule has 0 atom stereocenters. The molecule has 0 bridgehead atoms. The maximum atomic E-state index is 5.92. The molecule has 0 amide bonds. The zero-order chi connectivity index (χ0) is 13.0. The van der Waals surface area contributed by atoms with Crippen LogP contribution in [-0.2, 0) is 6.54 Å². The summed E-state index contributed by atoms with van der Waals surface area (Å²) in [5.74, 6) is 0.664. The van der Waals surface area contributed by atoms with E-state index in [4.69, 9.17) is 11.6 Å². The van der Waals surface area contributed by atoms with Gasteiger partial charge in [0.1, 0.15) is 0 Å². The van der Waals surface area contributed by atoms with Gasteiger partial charge in [-0.2, -0.15) is 0 Å². The summed E-state index contributed by atoms with van der Waals surface area (Å²) in [5, 5.41) is 4.69. The van der Waals surface area contributed by atoms with E-state index >= 15 is 0 Å². The van der Waals surface area contributed by atoms with Crippen molar-refractivity contribution < 1.29 is 0 Å². The summed E-state index contributed by atoms with van der Waals surface area (Å²) in [6.07, 6.45) is 1.87. The summed E-state index contributed by atoms with van der Waals surface area (Å²) in [7, 11) is 0. The van der Waals surface area contributed by atoms with E-state index in [-0.39, 0.29) is 5.41 Å². The highest BCUT2D eigenvalue weighted by Crippen LogP contribution is 2.18. The molecule has 0 spiro atoms. The van der Waals surface area contributed by atoms with Crippen molar-refractivity contribution in [1.29, 1.82) is 0 Å². The molecule has 0 radical (unpaired) electrons. The second kappa shape index (κ2) is 5.68. The van der Waals surface area contributed by atoms with E-state index in [0.717, 1.165) is 18.6 Å². The lowest BCUT2D eigenvalue weighted by Crippen LogP contribution is -2.30. The number of halogens is 1. The summed E-state index contributed by atoms with van der Waals surface area (Å²) >= 11 is 5.92. The van der Waals surface area contributed by atoms with Gasteiger partial charge in [0.25, 0.3) is 0 Å². The molecule has 1 heterocycles. The fourth-order valence-corrected chi connectivity index (χ4v) is 1.99. The SMILES string of the molecule is CC(C)(CCl)CNCc1ccnc2ccccc12. The number of hydrogen-bond acceptors (Lipinski definition) is 2. The number of para-hydroxylation sites is 1. The Hall–Kier alpha value is -1.12. The quantitative estimate of drug-likeness (QED) is 0.833. The minimum Gasteiger partial charge on any atom is -0.312 e. The Morgan fingerprint density at radius 3 is 2.78 bits per heavy atom. The second-order valence-corrected chi connectivity index (χ2v) is 5.66. The second-order valence-electron chi connectivity index (χ2n) is 5.39. The molecule has 0 aliphatic heterocycles. The number of nitrogens with one attached hydrogen (secondary N) is 1. The van der Waals surface area contributed by atoms with Crippen LogP contribution in [0.3, 0.4) is 0 Å². The van der Waals surface area contributed by atoms with E-state index in [1.54, 1.807) is 0 Å². The van der Waals surface area contributed by atoms with Crippen LogP contribution in [0.1, 0.15) is 19.4 Å². The largest absolute Gasteiger partial charge is 0.312 e. The molecule has 0 fully saturated rings. The van der Waals surface area contributed by atoms with Crippen molar-refractivity contribution in [3.05, 3.63) is 42.1 Å². The first kappa shape index (κ1) is 13.3. The number of benzene rings is 1. The highest BCUT2D eigenvalue weighted by molar-refractivity contribution is 6.18. The molecule has 0 unspecified atom stereocenters. The van der Waals surface area contributed by atoms with Crippen LogP contribution in [0.15, 0.2) is 36.5 Å². The number of pyridine rings is 1. The van der Waals surface area contributed by atoms with Gasteiger partial charge < -0.3 is 5.32 Å². The molecule has 1 N–H and O–H groups in total. The number of aromatic nitrogens is 1. The number of hydrogen-bond donors (Lipinski definition) is 1. The van der Waals surface area contributed by atoms with E-state index in [2.05, 4.69) is 42.3 Å². The molecule has 2 aromatic rings. The van der Waals surface area contributed by atoms with Gasteiger partial charge >= 0.3 is 0 Å². The molecule has 1 aromatic carbocycles. The predicted octanol–water partition coefficient (Wildman–Crippen LogP) is 3.59. The lowest BCUT2D eigenvalue weighted by atomic mass is 9.96. The van der Waals surface area contributed by atoms with Crippen LogP contribution in [0, 0.1) is 5.41 Å². The molecule has 0 saturated heterocycles. The zero-order valence-electron chi connectivity index (χ0n) is 10.9. The van der Waals surface area contributed by atoms with Gasteiger partial charge in [0.05, 0.1) is 5.52 Å². The molecule has 1 aromatic heterocycles. The molecule has 0 saturated carbocycles. The minimum absolute atomic E-state index is 0.129. The van der Waals surface area contributed by atoms with E-state index in [1.165, 1.54) is 10.9 Å². The van der Waals surface area contributed by atoms with Crippen molar-refractivity contribution in [3.63, 3.8) is 0 Å². The molecule has 2 rings (SSSR count). The van der Waals surface area contributed by atoms with Crippen LogP contribution in [-0.4, -0.2) is 17.4 Å². The Morgan fingerprint density at radius 1 is 1.22 bits per heavy atom. The van der Waals surface area contributed by atoms with Gasteiger partial charge in [-0.05, 0) is 23.1 Å². The first-order valence-corrected chi connectivity index (χ1v) is 6.75. The topological polar surface area (TPSA) is 24.9 Å². The molecule has 0 aliphatic carbocycles. The Balaban J connectivity index is 2.08. The van der Waals surface area contributed by atoms with Crippen LogP contribution >= 0.6 is 11.6 Å². The van der Waals surface area contributed by atoms with Crippen LogP contribution in [0.25, 0.3) is 10.9 Å². The first-order chi connectivity index (χ1) is 8.62. The highest BCUT2D eigenvalue weighted by atomic mass is 35.5. The van der Waals surface area contributed by atoms with Crippen molar-refractivity contribution in [1.82, 2.24) is 10.3 Å². The monoisotopic (exact) mass is 262 g/mol. The average Bonchev–Trinajstić information content (AvgIpc) is 2.39. The molecule has 18 heavy (non-hydrogen) atoms. The van der Waals surface area contributed by atoms with Crippen molar-refractivity contribution in [3.8, 4) is 0 Å². The molecular weight excluding hydrogens is 244 g/mol. The number of fused-ring (bicyclic) bond motifs is 1. The standard InChI is InChI=1S/C15H19ClN2/c1-15(2,10-16)11-17-9-12-7-8-18-14-6-4-3-5-13(12)14/h3-8,17H,9-11H2,1-2H3. The van der Waals surface area contributed by atoms with Gasteiger partial charge in [0.15, 0.2) is 0 Å². The Labute approximate surface area is 113 Å². The van der Waals surface area contributed by atoms with Gasteiger partial charge in [-0.15, -0.1) is 11.6 Å². The van der Waals surface area contributed by atoms with E-state index in [9.17, 15) is 0 Å². The third-order valence-corrected chi connectivity index (χ3v) is 3.74. The lowest BCUT2D eigenvalue weighted by Gasteiger charge is -2.21. The van der Waals surface area contributed by atoms with Crippen molar-refractivity contribution in [2.45, 2.75) is 20.4 Å². The smallest absolute Gasteiger partial charge is 0.0705 e. The van der Waals surface area contributed by atoms with Crippen LogP contribution in [0.2, 0.25) is 0 Å². The van der Waals surface area contributed by atoms with Crippen molar-refractivity contribution in [2.24, 2.45) is 5.41 Å². The molecule has 96 valence electrons. The van der Waals surface area contributed by atoms with Gasteiger partial charge in [-0.25, -0.2) is 0 Å². The maximum absolute atomic E-state index is 5.92. The molecule has 3 heteroatoms. The first-order valence-electron chi connectivity index (χ1n) is 6.22. The van der Waals surface area contributed by atoms with Gasteiger partial charge in [-0.3, -0.25) is 4.98 Å². The van der Waals surface area contributed by atoms with Crippen molar-refractivity contribution in [2.75, 3.05) is 12.4 Å². The van der Waals surface area contributed by atoms with E-state index in [0.29, 0.717) is 5.88 Å². The molecule has 0 aliphatic rings. The third kappa shape index (κ3) is 3.21. The number of alkyl halides is 1. The zero-order valence-corrected chi connectivity index (χ0v) is 11.7. The fourth-order valence-electron chi connectivity index (χ4n) is 1.89. The normalized spacial score (nSPS) is 11.9. The summed E-state index contributed by atoms with van der Waals surface area (Å²) in [5.41, 5.74) is 2.46. The van der Waals surface area contributed by atoms with Crippen LogP contribution in [0.4, 0.5) is 0 Å². The Kier molecular flexibility index (Phi) is 4.20. The van der Waals surface area contributed by atoms with Gasteiger partial charge in [0.2, 0.25) is 0 Å². The molecule has 2 nitrogen and oxygen atoms in total. The summed E-state index contributed by atoms with van der Waals surface area (Å²) in [4.78, 5) is 4.37. The van der Waals surface area contributed by atoms with Gasteiger partial charge in [0, 0.05) is 30.6 Å². The fraction of sp³-hybridized carbons (Fsp3) is 0.400. The lowest BCUT2D eigenvalue weighted by molar-refractivity contribution is 0.385. The Morgan fingerprint density at radius 2 is 2.00 bits per heavy atom. The number of rotatable bonds is 5. The highest BCUT2D eigenvalue weighted by Gasteiger charge is 2.15. The minimum atomic E-state index is 0.129. The average molecular weight is 263 g/mol. The summed E-state index contributed by atoms with van der Waals surface area (Å²) in [6.45, 7) is 6.09. The third-order valence-electron chi connectivity index (χ3n) is 3.02. The van der Waals surface area contributed by atoms with Crippen LogP contribution < -0.4 is 5.32 Å². The number of nitrogens with zero attached hydrogens (tertiary/aromatic N) is 1. The van der Waals surface area contributed by atoms with Crippen LogP contribution in [0.5, 0.6) is 0 Å². The summed E-state index contributed by atoms with van der Waals surface area (Å²) in [6, 6.07) is 10.3. The maximum Gasteiger partial charge on any atom is 0.0705 e. The Bertz CT molecular complexity index is 517. The van der Waals surface area contributed by atoms with E-state index < -0.39 is 0 Å².